The van der Waals surface area contributed by atoms with Crippen molar-refractivity contribution in [2.45, 2.75) is 32.6 Å². The van der Waals surface area contributed by atoms with Gasteiger partial charge in [0.1, 0.15) is 4.88 Å². The summed E-state index contributed by atoms with van der Waals surface area (Å²) >= 11 is 1.01. The van der Waals surface area contributed by atoms with Crippen molar-refractivity contribution in [2.75, 3.05) is 5.32 Å². The van der Waals surface area contributed by atoms with Crippen molar-refractivity contribution >= 4 is 28.3 Å². The van der Waals surface area contributed by atoms with Crippen molar-refractivity contribution < 1.29 is 14.7 Å². The Morgan fingerprint density at radius 2 is 1.86 bits per heavy atom. The van der Waals surface area contributed by atoms with Crippen molar-refractivity contribution in [3.8, 4) is 0 Å². The average molecular weight is 318 g/mol. The van der Waals surface area contributed by atoms with Crippen molar-refractivity contribution in [3.63, 3.8) is 0 Å². The topological polar surface area (TPSA) is 79.3 Å². The van der Waals surface area contributed by atoms with Gasteiger partial charge in [0.15, 0.2) is 5.13 Å². The van der Waals surface area contributed by atoms with E-state index >= 15 is 0 Å². The van der Waals surface area contributed by atoms with Crippen LogP contribution in [0.15, 0.2) is 30.3 Å². The van der Waals surface area contributed by atoms with Crippen LogP contribution < -0.4 is 5.32 Å². The second kappa shape index (κ2) is 7.17. The highest BCUT2D eigenvalue weighted by Gasteiger charge is 2.23. The third kappa shape index (κ3) is 3.51. The molecule has 0 fully saturated rings. The zero-order valence-electron chi connectivity index (χ0n) is 12.5. The Morgan fingerprint density at radius 3 is 2.41 bits per heavy atom. The molecule has 0 spiro atoms. The summed E-state index contributed by atoms with van der Waals surface area (Å²) < 4.78 is 0. The van der Waals surface area contributed by atoms with Crippen LogP contribution in [0.4, 0.5) is 5.13 Å². The van der Waals surface area contributed by atoms with Crippen LogP contribution in [-0.2, 0) is 0 Å². The first-order valence-electron chi connectivity index (χ1n) is 7.17. The summed E-state index contributed by atoms with van der Waals surface area (Å²) in [6, 6.07) is 8.77. The smallest absolute Gasteiger partial charge is 0.347 e. The summed E-state index contributed by atoms with van der Waals surface area (Å²) in [5.41, 5.74) is 1.07. The molecule has 0 radical (unpaired) electrons. The van der Waals surface area contributed by atoms with Gasteiger partial charge in [0, 0.05) is 11.5 Å². The van der Waals surface area contributed by atoms with Gasteiger partial charge in [-0.15, -0.1) is 0 Å². The normalized spacial score (nSPS) is 10.7. The average Bonchev–Trinajstić information content (AvgIpc) is 2.93. The fourth-order valence-electron chi connectivity index (χ4n) is 2.25. The molecule has 0 aliphatic heterocycles. The number of benzene rings is 1. The molecule has 0 atom stereocenters. The molecular formula is C16H18N2O3S. The van der Waals surface area contributed by atoms with Gasteiger partial charge in [-0.1, -0.05) is 43.4 Å². The van der Waals surface area contributed by atoms with Gasteiger partial charge in [0.2, 0.25) is 0 Å². The summed E-state index contributed by atoms with van der Waals surface area (Å²) in [4.78, 5) is 28.1. The number of rotatable bonds is 6. The first kappa shape index (κ1) is 16.2. The Balaban J connectivity index is 2.27. The third-order valence-electron chi connectivity index (χ3n) is 3.48. The Morgan fingerprint density at radius 1 is 1.23 bits per heavy atom. The molecule has 1 amide bonds. The van der Waals surface area contributed by atoms with Crippen LogP contribution in [0, 0.1) is 0 Å². The minimum absolute atomic E-state index is 0.0877. The lowest BCUT2D eigenvalue weighted by molar-refractivity contribution is 0.0700. The first-order valence-corrected chi connectivity index (χ1v) is 7.98. The number of nitrogens with zero attached hydrogens (tertiary/aromatic N) is 1. The van der Waals surface area contributed by atoms with Gasteiger partial charge in [-0.3, -0.25) is 10.1 Å². The van der Waals surface area contributed by atoms with Gasteiger partial charge in [-0.25, -0.2) is 9.78 Å². The number of carboxylic acid groups (broad SMARTS) is 1. The number of nitrogens with one attached hydrogen (secondary N) is 1. The fourth-order valence-corrected chi connectivity index (χ4v) is 3.13. The van der Waals surface area contributed by atoms with Crippen LogP contribution in [0.2, 0.25) is 0 Å². The van der Waals surface area contributed by atoms with E-state index in [0.29, 0.717) is 16.4 Å². The molecule has 1 aromatic heterocycles. The number of aromatic carboxylic acids is 1. The molecule has 2 aromatic rings. The molecule has 6 heteroatoms. The number of amides is 1. The Bertz CT molecular complexity index is 663. The third-order valence-corrected chi connectivity index (χ3v) is 4.45. The highest BCUT2D eigenvalue weighted by atomic mass is 32.1. The second-order valence-electron chi connectivity index (χ2n) is 4.87. The lowest BCUT2D eigenvalue weighted by Crippen LogP contribution is -2.11. The molecule has 0 unspecified atom stereocenters. The molecule has 1 aromatic carbocycles. The summed E-state index contributed by atoms with van der Waals surface area (Å²) in [5, 5.41) is 12.3. The summed E-state index contributed by atoms with van der Waals surface area (Å²) in [7, 11) is 0. The molecule has 0 saturated heterocycles. The number of hydrogen-bond acceptors (Lipinski definition) is 4. The highest BCUT2D eigenvalue weighted by molar-refractivity contribution is 7.17. The number of hydrogen-bond donors (Lipinski definition) is 2. The van der Waals surface area contributed by atoms with E-state index in [-0.39, 0.29) is 16.7 Å². The summed E-state index contributed by atoms with van der Waals surface area (Å²) in [6.07, 6.45) is 1.62. The largest absolute Gasteiger partial charge is 0.477 e. The van der Waals surface area contributed by atoms with E-state index in [9.17, 15) is 14.7 Å². The number of aromatic nitrogens is 1. The van der Waals surface area contributed by atoms with Gasteiger partial charge >= 0.3 is 5.97 Å². The van der Waals surface area contributed by atoms with E-state index in [0.717, 1.165) is 24.2 Å². The van der Waals surface area contributed by atoms with Crippen molar-refractivity contribution in [3.05, 3.63) is 46.5 Å². The summed E-state index contributed by atoms with van der Waals surface area (Å²) in [5.74, 6) is -1.20. The number of carboxylic acids is 1. The van der Waals surface area contributed by atoms with Crippen molar-refractivity contribution in [1.29, 1.82) is 0 Å². The van der Waals surface area contributed by atoms with Crippen LogP contribution in [-0.4, -0.2) is 22.0 Å². The van der Waals surface area contributed by atoms with E-state index in [1.807, 2.05) is 19.9 Å². The molecule has 2 N–H and O–H groups in total. The van der Waals surface area contributed by atoms with Crippen molar-refractivity contribution in [1.82, 2.24) is 4.98 Å². The van der Waals surface area contributed by atoms with E-state index in [1.54, 1.807) is 24.3 Å². The zero-order valence-corrected chi connectivity index (χ0v) is 13.3. The molecule has 5 nitrogen and oxygen atoms in total. The SMILES string of the molecule is CCC(CC)c1nc(NC(=O)c2ccccc2)sc1C(=O)O. The zero-order chi connectivity index (χ0) is 16.1. The molecule has 0 aliphatic carbocycles. The maximum Gasteiger partial charge on any atom is 0.347 e. The van der Waals surface area contributed by atoms with Crippen LogP contribution in [0.1, 0.15) is 58.3 Å². The first-order chi connectivity index (χ1) is 10.6. The fraction of sp³-hybridized carbons (Fsp3) is 0.312. The molecule has 0 aliphatic rings. The highest BCUT2D eigenvalue weighted by Crippen LogP contribution is 2.32. The predicted molar refractivity (Wildman–Crippen MR) is 86.8 cm³/mol. The Labute approximate surface area is 133 Å². The maximum atomic E-state index is 12.1. The van der Waals surface area contributed by atoms with Crippen LogP contribution >= 0.6 is 11.3 Å². The number of anilines is 1. The van der Waals surface area contributed by atoms with E-state index in [1.165, 1.54) is 0 Å². The lowest BCUT2D eigenvalue weighted by atomic mass is 9.98. The molecule has 116 valence electrons. The molecule has 0 bridgehead atoms. The Hall–Kier alpha value is -2.21. The van der Waals surface area contributed by atoms with Gasteiger partial charge in [0.05, 0.1) is 5.69 Å². The second-order valence-corrected chi connectivity index (χ2v) is 5.87. The molecule has 0 saturated carbocycles. The molecule has 22 heavy (non-hydrogen) atoms. The van der Waals surface area contributed by atoms with Gasteiger partial charge in [0.25, 0.3) is 5.91 Å². The van der Waals surface area contributed by atoms with Crippen LogP contribution in [0.25, 0.3) is 0 Å². The minimum atomic E-state index is -1.00. The van der Waals surface area contributed by atoms with Gasteiger partial charge < -0.3 is 5.11 Å². The Kier molecular flexibility index (Phi) is 5.27. The maximum absolute atomic E-state index is 12.1. The van der Waals surface area contributed by atoms with Gasteiger partial charge in [-0.2, -0.15) is 0 Å². The number of thiazole rings is 1. The van der Waals surface area contributed by atoms with Crippen LogP contribution in [0.3, 0.4) is 0 Å². The van der Waals surface area contributed by atoms with Crippen molar-refractivity contribution in [2.24, 2.45) is 0 Å². The van der Waals surface area contributed by atoms with Crippen LogP contribution in [0.5, 0.6) is 0 Å². The monoisotopic (exact) mass is 318 g/mol. The predicted octanol–water partition coefficient (Wildman–Crippen LogP) is 4.00. The summed E-state index contributed by atoms with van der Waals surface area (Å²) in [6.45, 7) is 4.00. The van der Waals surface area contributed by atoms with Gasteiger partial charge in [-0.05, 0) is 25.0 Å². The number of carbonyl (C=O) groups excluding carboxylic acids is 1. The number of carbonyl (C=O) groups is 2. The molecular weight excluding hydrogens is 300 g/mol. The molecule has 2 rings (SSSR count). The van der Waals surface area contributed by atoms with E-state index < -0.39 is 5.97 Å². The van der Waals surface area contributed by atoms with E-state index in [2.05, 4.69) is 10.3 Å². The molecule has 1 heterocycles. The van der Waals surface area contributed by atoms with E-state index in [4.69, 9.17) is 0 Å². The quantitative estimate of drug-likeness (QED) is 0.844. The minimum Gasteiger partial charge on any atom is -0.477 e. The lowest BCUT2D eigenvalue weighted by Gasteiger charge is -2.09. The standard InChI is InChI=1S/C16H18N2O3S/c1-3-10(4-2)12-13(15(20)21)22-16(17-12)18-14(19)11-8-6-5-7-9-11/h5-10H,3-4H2,1-2H3,(H,20,21)(H,17,18,19).